The highest BCUT2D eigenvalue weighted by Crippen LogP contribution is 2.27. The number of fused-ring (bicyclic) bond motifs is 1. The van der Waals surface area contributed by atoms with Gasteiger partial charge in [0, 0.05) is 50.7 Å². The van der Waals surface area contributed by atoms with Gasteiger partial charge in [0.15, 0.2) is 0 Å². The lowest BCUT2D eigenvalue weighted by Gasteiger charge is -2.34. The molecule has 0 bridgehead atoms. The SMILES string of the molecule is Cc1ccc(CN2CCc3nc(NCc4ccc(C(C)(F)F)cc4)n(N4CCOCC4)c(=O)c3C2)c(F)c1. The van der Waals surface area contributed by atoms with Gasteiger partial charge in [-0.25, -0.2) is 18.2 Å². The number of aromatic nitrogens is 2. The second kappa shape index (κ2) is 10.8. The van der Waals surface area contributed by atoms with Crippen LogP contribution in [0.4, 0.5) is 19.1 Å². The van der Waals surface area contributed by atoms with Crippen molar-refractivity contribution in [1.82, 2.24) is 14.6 Å². The number of ether oxygens (including phenoxy) is 1. The number of hydrogen-bond acceptors (Lipinski definition) is 6. The van der Waals surface area contributed by atoms with E-state index < -0.39 is 5.92 Å². The van der Waals surface area contributed by atoms with Crippen molar-refractivity contribution in [2.45, 2.75) is 45.8 Å². The van der Waals surface area contributed by atoms with E-state index >= 15 is 0 Å². The Balaban J connectivity index is 1.40. The van der Waals surface area contributed by atoms with Crippen LogP contribution in [0, 0.1) is 12.7 Å². The number of halogens is 3. The second-order valence-electron chi connectivity index (χ2n) is 10.0. The highest BCUT2D eigenvalue weighted by atomic mass is 19.3. The quantitative estimate of drug-likeness (QED) is 0.502. The van der Waals surface area contributed by atoms with Gasteiger partial charge in [0.1, 0.15) is 5.82 Å². The first kappa shape index (κ1) is 26.2. The first-order valence-corrected chi connectivity index (χ1v) is 12.9. The van der Waals surface area contributed by atoms with E-state index in [-0.39, 0.29) is 16.9 Å². The van der Waals surface area contributed by atoms with Crippen LogP contribution in [0.2, 0.25) is 0 Å². The molecule has 1 aromatic heterocycles. The maximum absolute atomic E-state index is 14.5. The van der Waals surface area contributed by atoms with Crippen molar-refractivity contribution >= 4 is 5.95 Å². The fourth-order valence-electron chi connectivity index (χ4n) is 4.91. The summed E-state index contributed by atoms with van der Waals surface area (Å²) in [6.45, 7) is 6.56. The summed E-state index contributed by atoms with van der Waals surface area (Å²) in [7, 11) is 0. The van der Waals surface area contributed by atoms with Crippen LogP contribution in [-0.4, -0.2) is 47.4 Å². The zero-order chi connectivity index (χ0) is 26.9. The highest BCUT2D eigenvalue weighted by Gasteiger charge is 2.27. The predicted molar refractivity (Wildman–Crippen MR) is 140 cm³/mol. The Bertz CT molecular complexity index is 1350. The van der Waals surface area contributed by atoms with Crippen molar-refractivity contribution < 1.29 is 17.9 Å². The van der Waals surface area contributed by atoms with Gasteiger partial charge in [0.05, 0.1) is 37.6 Å². The number of morpholine rings is 1. The van der Waals surface area contributed by atoms with Crippen LogP contribution in [0.15, 0.2) is 47.3 Å². The second-order valence-corrected chi connectivity index (χ2v) is 10.0. The standard InChI is InChI=1S/C28H32F3N5O2/c1-19-3-6-21(24(29)15-19)17-34-10-9-25-23(18-34)26(37)36(35-11-13-38-14-12-35)27(33-25)32-16-20-4-7-22(8-5-20)28(2,30)31/h3-8,15H,9-14,16-18H2,1-2H3,(H,32,33). The largest absolute Gasteiger partial charge is 0.378 e. The van der Waals surface area contributed by atoms with Crippen LogP contribution in [0.3, 0.4) is 0 Å². The molecule has 0 atom stereocenters. The molecule has 2 aliphatic rings. The molecule has 0 unspecified atom stereocenters. The molecule has 2 aromatic carbocycles. The molecule has 0 aliphatic carbocycles. The normalized spacial score (nSPS) is 16.4. The third-order valence-corrected chi connectivity index (χ3v) is 7.07. The zero-order valence-corrected chi connectivity index (χ0v) is 21.6. The topological polar surface area (TPSA) is 62.6 Å². The third kappa shape index (κ3) is 5.71. The molecule has 10 heteroatoms. The number of hydrogen-bond donors (Lipinski definition) is 1. The Kier molecular flexibility index (Phi) is 7.45. The van der Waals surface area contributed by atoms with Crippen molar-refractivity contribution in [2.24, 2.45) is 0 Å². The Morgan fingerprint density at radius 2 is 1.82 bits per heavy atom. The molecule has 0 amide bonds. The van der Waals surface area contributed by atoms with Gasteiger partial charge in [-0.3, -0.25) is 9.69 Å². The van der Waals surface area contributed by atoms with E-state index in [2.05, 4.69) is 10.2 Å². The number of aryl methyl sites for hydroxylation is 1. The number of benzene rings is 2. The van der Waals surface area contributed by atoms with Gasteiger partial charge in [-0.1, -0.05) is 36.4 Å². The van der Waals surface area contributed by atoms with Crippen LogP contribution >= 0.6 is 0 Å². The lowest BCUT2D eigenvalue weighted by molar-refractivity contribution is 0.0174. The maximum atomic E-state index is 14.5. The molecule has 38 heavy (non-hydrogen) atoms. The van der Waals surface area contributed by atoms with E-state index in [9.17, 15) is 18.0 Å². The van der Waals surface area contributed by atoms with E-state index in [0.717, 1.165) is 23.7 Å². The number of rotatable bonds is 7. The molecule has 202 valence electrons. The number of nitrogens with zero attached hydrogens (tertiary/aromatic N) is 4. The Hall–Kier alpha value is -3.37. The van der Waals surface area contributed by atoms with E-state index in [1.54, 1.807) is 22.9 Å². The summed E-state index contributed by atoms with van der Waals surface area (Å²) in [5, 5.41) is 5.18. The minimum absolute atomic E-state index is 0.0477. The monoisotopic (exact) mass is 527 g/mol. The molecule has 1 N–H and O–H groups in total. The summed E-state index contributed by atoms with van der Waals surface area (Å²) in [4.78, 5) is 20.7. The minimum atomic E-state index is -2.90. The van der Waals surface area contributed by atoms with Gasteiger partial charge >= 0.3 is 0 Å². The summed E-state index contributed by atoms with van der Waals surface area (Å²) < 4.78 is 48.7. The smallest absolute Gasteiger partial charge is 0.278 e. The number of nitrogens with one attached hydrogen (secondary N) is 1. The van der Waals surface area contributed by atoms with Crippen LogP contribution in [0.1, 0.15) is 40.4 Å². The molecule has 2 aliphatic heterocycles. The fraction of sp³-hybridized carbons (Fsp3) is 0.429. The summed E-state index contributed by atoms with van der Waals surface area (Å²) in [5.74, 6) is -2.73. The summed E-state index contributed by atoms with van der Waals surface area (Å²) in [5.41, 5.74) is 3.39. The van der Waals surface area contributed by atoms with Crippen LogP contribution in [0.25, 0.3) is 0 Å². The lowest BCUT2D eigenvalue weighted by Crippen LogP contribution is -2.51. The van der Waals surface area contributed by atoms with Crippen molar-refractivity contribution in [3.63, 3.8) is 0 Å². The molecule has 0 saturated carbocycles. The molecule has 5 rings (SSSR count). The summed E-state index contributed by atoms with van der Waals surface area (Å²) in [6, 6.07) is 11.3. The number of anilines is 1. The van der Waals surface area contributed by atoms with Gasteiger partial charge in [0.25, 0.3) is 11.5 Å². The van der Waals surface area contributed by atoms with Crippen LogP contribution in [-0.2, 0) is 36.7 Å². The molecule has 3 aromatic rings. The van der Waals surface area contributed by atoms with Crippen LogP contribution < -0.4 is 15.9 Å². The maximum Gasteiger partial charge on any atom is 0.278 e. The molecular weight excluding hydrogens is 495 g/mol. The number of alkyl halides is 2. The van der Waals surface area contributed by atoms with Gasteiger partial charge < -0.3 is 15.1 Å². The molecule has 1 saturated heterocycles. The van der Waals surface area contributed by atoms with E-state index in [0.29, 0.717) is 76.0 Å². The van der Waals surface area contributed by atoms with Crippen LogP contribution in [0.5, 0.6) is 0 Å². The lowest BCUT2D eigenvalue weighted by atomic mass is 10.1. The van der Waals surface area contributed by atoms with Crippen molar-refractivity contribution in [3.05, 3.63) is 92.1 Å². The molecule has 7 nitrogen and oxygen atoms in total. The third-order valence-electron chi connectivity index (χ3n) is 7.07. The van der Waals surface area contributed by atoms with Gasteiger partial charge in [-0.2, -0.15) is 4.68 Å². The van der Waals surface area contributed by atoms with Gasteiger partial charge in [-0.05, 0) is 24.1 Å². The molecule has 0 radical (unpaired) electrons. The first-order valence-electron chi connectivity index (χ1n) is 12.9. The van der Waals surface area contributed by atoms with E-state index in [1.165, 1.54) is 18.2 Å². The van der Waals surface area contributed by atoms with Gasteiger partial charge in [0.2, 0.25) is 5.95 Å². The highest BCUT2D eigenvalue weighted by molar-refractivity contribution is 5.37. The first-order chi connectivity index (χ1) is 18.2. The van der Waals surface area contributed by atoms with Crippen molar-refractivity contribution in [1.29, 1.82) is 0 Å². The van der Waals surface area contributed by atoms with E-state index in [4.69, 9.17) is 9.72 Å². The zero-order valence-electron chi connectivity index (χ0n) is 21.6. The Morgan fingerprint density at radius 1 is 1.08 bits per heavy atom. The molecule has 3 heterocycles. The Labute approximate surface area is 219 Å². The predicted octanol–water partition coefficient (Wildman–Crippen LogP) is 3.94. The van der Waals surface area contributed by atoms with Gasteiger partial charge in [-0.15, -0.1) is 0 Å². The van der Waals surface area contributed by atoms with Crippen molar-refractivity contribution in [2.75, 3.05) is 43.2 Å². The summed E-state index contributed by atoms with van der Waals surface area (Å²) >= 11 is 0. The summed E-state index contributed by atoms with van der Waals surface area (Å²) in [6.07, 6.45) is 0.566. The molecule has 1 fully saturated rings. The molecule has 0 spiro atoms. The molecular formula is C28H32F3N5O2. The fourth-order valence-corrected chi connectivity index (χ4v) is 4.91. The van der Waals surface area contributed by atoms with E-state index in [1.807, 2.05) is 18.0 Å². The average molecular weight is 528 g/mol. The Morgan fingerprint density at radius 3 is 2.50 bits per heavy atom. The average Bonchev–Trinajstić information content (AvgIpc) is 2.90. The minimum Gasteiger partial charge on any atom is -0.378 e. The van der Waals surface area contributed by atoms with Crippen molar-refractivity contribution in [3.8, 4) is 0 Å².